The molecule has 2 N–H and O–H groups in total. The Morgan fingerprint density at radius 1 is 0.926 bits per heavy atom. The number of amides is 1. The Labute approximate surface area is 169 Å². The zero-order chi connectivity index (χ0) is 18.8. The summed E-state index contributed by atoms with van der Waals surface area (Å²) in [5.41, 5.74) is 8.54. The van der Waals surface area contributed by atoms with Crippen molar-refractivity contribution in [2.75, 3.05) is 31.1 Å². The lowest BCUT2D eigenvalue weighted by Crippen LogP contribution is -2.53. The molecule has 2 saturated heterocycles. The van der Waals surface area contributed by atoms with Crippen LogP contribution in [0.2, 0.25) is 10.0 Å². The first kappa shape index (κ1) is 18.6. The summed E-state index contributed by atoms with van der Waals surface area (Å²) in [6.45, 7) is 3.08. The van der Waals surface area contributed by atoms with Gasteiger partial charge >= 0.3 is 0 Å². The van der Waals surface area contributed by atoms with E-state index in [9.17, 15) is 4.79 Å². The third kappa shape index (κ3) is 4.06. The van der Waals surface area contributed by atoms with Crippen LogP contribution in [0.3, 0.4) is 0 Å². The van der Waals surface area contributed by atoms with Gasteiger partial charge < -0.3 is 9.80 Å². The molecule has 0 saturated carbocycles. The summed E-state index contributed by atoms with van der Waals surface area (Å²) in [5, 5.41) is 1.46. The molecule has 2 aromatic rings. The number of nitrogens with zero attached hydrogens (tertiary/aromatic N) is 2. The SMILES string of the molecule is O=C(C1CC(c2ccccc2Cl)NN1)N1CCN(c2ccc(Cl)cc2)CC1. The van der Waals surface area contributed by atoms with Crippen LogP contribution in [0.1, 0.15) is 18.0 Å². The first-order chi connectivity index (χ1) is 13.1. The van der Waals surface area contributed by atoms with Crippen molar-refractivity contribution in [3.8, 4) is 0 Å². The molecule has 7 heteroatoms. The molecular weight excluding hydrogens is 383 g/mol. The van der Waals surface area contributed by atoms with Gasteiger partial charge in [-0.2, -0.15) is 0 Å². The van der Waals surface area contributed by atoms with Gasteiger partial charge in [-0.05, 0) is 42.3 Å². The van der Waals surface area contributed by atoms with Gasteiger partial charge in [0.2, 0.25) is 5.91 Å². The molecule has 2 aliphatic rings. The molecule has 1 amide bonds. The maximum absolute atomic E-state index is 12.9. The molecule has 5 nitrogen and oxygen atoms in total. The van der Waals surface area contributed by atoms with Crippen molar-refractivity contribution in [2.45, 2.75) is 18.5 Å². The fraction of sp³-hybridized carbons (Fsp3) is 0.350. The largest absolute Gasteiger partial charge is 0.368 e. The second kappa shape index (κ2) is 8.07. The summed E-state index contributed by atoms with van der Waals surface area (Å²) in [4.78, 5) is 17.1. The van der Waals surface area contributed by atoms with E-state index in [1.165, 1.54) is 0 Å². The number of anilines is 1. The Hall–Kier alpha value is -1.79. The summed E-state index contributed by atoms with van der Waals surface area (Å²) >= 11 is 12.2. The number of carbonyl (C=O) groups excluding carboxylic acids is 1. The van der Waals surface area contributed by atoms with E-state index in [-0.39, 0.29) is 18.0 Å². The molecule has 2 heterocycles. The fourth-order valence-electron chi connectivity index (χ4n) is 3.74. The number of benzene rings is 2. The topological polar surface area (TPSA) is 47.6 Å². The maximum Gasteiger partial charge on any atom is 0.241 e. The van der Waals surface area contributed by atoms with E-state index in [4.69, 9.17) is 23.2 Å². The summed E-state index contributed by atoms with van der Waals surface area (Å²) < 4.78 is 0. The molecule has 0 aliphatic carbocycles. The lowest BCUT2D eigenvalue weighted by molar-refractivity contribution is -0.133. The number of hydrazine groups is 1. The highest BCUT2D eigenvalue weighted by Gasteiger charge is 2.34. The molecule has 2 fully saturated rings. The van der Waals surface area contributed by atoms with E-state index in [2.05, 4.69) is 15.8 Å². The first-order valence-corrected chi connectivity index (χ1v) is 9.92. The minimum Gasteiger partial charge on any atom is -0.368 e. The standard InChI is InChI=1S/C20H22Cl2N4O/c21-14-5-7-15(8-6-14)25-9-11-26(12-10-25)20(27)19-13-18(23-24-19)16-3-1-2-4-17(16)22/h1-8,18-19,23-24H,9-13H2. The van der Waals surface area contributed by atoms with Crippen molar-refractivity contribution in [1.82, 2.24) is 15.8 Å². The average molecular weight is 405 g/mol. The van der Waals surface area contributed by atoms with E-state index in [0.717, 1.165) is 47.5 Å². The van der Waals surface area contributed by atoms with Gasteiger partial charge in [0, 0.05) is 48.0 Å². The molecule has 27 heavy (non-hydrogen) atoms. The molecule has 0 bridgehead atoms. The van der Waals surface area contributed by atoms with Gasteiger partial charge in [0.05, 0.1) is 0 Å². The Morgan fingerprint density at radius 3 is 2.33 bits per heavy atom. The summed E-state index contributed by atoms with van der Waals surface area (Å²) in [6, 6.07) is 15.4. The van der Waals surface area contributed by atoms with Gasteiger partial charge in [-0.3, -0.25) is 4.79 Å². The van der Waals surface area contributed by atoms with Crippen LogP contribution < -0.4 is 15.8 Å². The minimum atomic E-state index is -0.228. The number of hydrogen-bond donors (Lipinski definition) is 2. The van der Waals surface area contributed by atoms with Crippen molar-refractivity contribution >= 4 is 34.8 Å². The van der Waals surface area contributed by atoms with Crippen molar-refractivity contribution in [3.05, 3.63) is 64.1 Å². The van der Waals surface area contributed by atoms with Crippen molar-refractivity contribution in [3.63, 3.8) is 0 Å². The van der Waals surface area contributed by atoms with Crippen molar-refractivity contribution < 1.29 is 4.79 Å². The summed E-state index contributed by atoms with van der Waals surface area (Å²) in [5.74, 6) is 0.146. The lowest BCUT2D eigenvalue weighted by Gasteiger charge is -2.37. The van der Waals surface area contributed by atoms with Crippen LogP contribution in [-0.2, 0) is 4.79 Å². The molecule has 4 rings (SSSR count). The highest BCUT2D eigenvalue weighted by molar-refractivity contribution is 6.31. The predicted octanol–water partition coefficient (Wildman–Crippen LogP) is 3.25. The Kier molecular flexibility index (Phi) is 5.55. The molecule has 0 aromatic heterocycles. The average Bonchev–Trinajstić information content (AvgIpc) is 3.18. The molecular formula is C20H22Cl2N4O. The smallest absolute Gasteiger partial charge is 0.241 e. The van der Waals surface area contributed by atoms with E-state index >= 15 is 0 Å². The predicted molar refractivity (Wildman–Crippen MR) is 109 cm³/mol. The Balaban J connectivity index is 1.33. The van der Waals surface area contributed by atoms with Crippen LogP contribution >= 0.6 is 23.2 Å². The quantitative estimate of drug-likeness (QED) is 0.823. The monoisotopic (exact) mass is 404 g/mol. The molecule has 142 valence electrons. The van der Waals surface area contributed by atoms with Crippen LogP contribution in [0.5, 0.6) is 0 Å². The van der Waals surface area contributed by atoms with Crippen LogP contribution in [0.15, 0.2) is 48.5 Å². The Bertz CT molecular complexity index is 806. The second-order valence-corrected chi connectivity index (χ2v) is 7.78. The maximum atomic E-state index is 12.9. The van der Waals surface area contributed by atoms with Gasteiger partial charge in [0.25, 0.3) is 0 Å². The van der Waals surface area contributed by atoms with Gasteiger partial charge in [0.1, 0.15) is 6.04 Å². The third-order valence-electron chi connectivity index (χ3n) is 5.27. The molecule has 2 atom stereocenters. The zero-order valence-corrected chi connectivity index (χ0v) is 16.4. The van der Waals surface area contributed by atoms with E-state index in [1.807, 2.05) is 53.4 Å². The van der Waals surface area contributed by atoms with Crippen LogP contribution in [0.4, 0.5) is 5.69 Å². The Morgan fingerprint density at radius 2 is 1.63 bits per heavy atom. The second-order valence-electron chi connectivity index (χ2n) is 6.94. The summed E-state index contributed by atoms with van der Waals surface area (Å²) in [7, 11) is 0. The van der Waals surface area contributed by atoms with Gasteiger partial charge in [-0.15, -0.1) is 0 Å². The van der Waals surface area contributed by atoms with Crippen molar-refractivity contribution in [1.29, 1.82) is 0 Å². The fourth-order valence-corrected chi connectivity index (χ4v) is 4.13. The highest BCUT2D eigenvalue weighted by atomic mass is 35.5. The van der Waals surface area contributed by atoms with Crippen LogP contribution in [-0.4, -0.2) is 43.0 Å². The number of nitrogens with one attached hydrogen (secondary N) is 2. The molecule has 2 aliphatic heterocycles. The summed E-state index contributed by atoms with van der Waals surface area (Å²) in [6.07, 6.45) is 0.694. The molecule has 2 aromatic carbocycles. The van der Waals surface area contributed by atoms with Gasteiger partial charge in [-0.1, -0.05) is 41.4 Å². The van der Waals surface area contributed by atoms with E-state index in [0.29, 0.717) is 6.42 Å². The third-order valence-corrected chi connectivity index (χ3v) is 5.86. The number of carbonyl (C=O) groups is 1. The van der Waals surface area contributed by atoms with Gasteiger partial charge in [0.15, 0.2) is 0 Å². The lowest BCUT2D eigenvalue weighted by atomic mass is 10.0. The molecule has 0 spiro atoms. The minimum absolute atomic E-state index is 0.0445. The zero-order valence-electron chi connectivity index (χ0n) is 14.9. The highest BCUT2D eigenvalue weighted by Crippen LogP contribution is 2.29. The number of halogens is 2. The molecule has 0 radical (unpaired) electrons. The number of hydrogen-bond acceptors (Lipinski definition) is 4. The van der Waals surface area contributed by atoms with Crippen LogP contribution in [0.25, 0.3) is 0 Å². The van der Waals surface area contributed by atoms with Crippen LogP contribution in [0, 0.1) is 0 Å². The molecule has 2 unspecified atom stereocenters. The normalized spacial score (nSPS) is 22.9. The first-order valence-electron chi connectivity index (χ1n) is 9.16. The van der Waals surface area contributed by atoms with Gasteiger partial charge in [-0.25, -0.2) is 10.9 Å². The number of rotatable bonds is 3. The van der Waals surface area contributed by atoms with E-state index in [1.54, 1.807) is 0 Å². The number of piperazine rings is 1. The van der Waals surface area contributed by atoms with E-state index < -0.39 is 0 Å². The van der Waals surface area contributed by atoms with Crippen molar-refractivity contribution in [2.24, 2.45) is 0 Å².